The Labute approximate surface area is 80.6 Å². The van der Waals surface area contributed by atoms with Gasteiger partial charge in [-0.15, -0.1) is 0 Å². The van der Waals surface area contributed by atoms with Gasteiger partial charge in [0.05, 0.1) is 10.2 Å². The van der Waals surface area contributed by atoms with Crippen LogP contribution in [-0.4, -0.2) is 18.2 Å². The molecule has 0 aliphatic carbocycles. The van der Waals surface area contributed by atoms with Crippen molar-refractivity contribution in [3.63, 3.8) is 0 Å². The van der Waals surface area contributed by atoms with Crippen LogP contribution >= 0.6 is 7.60 Å². The molecule has 0 fully saturated rings. The molecule has 0 saturated carbocycles. The van der Waals surface area contributed by atoms with Crippen molar-refractivity contribution in [2.24, 2.45) is 5.14 Å². The summed E-state index contributed by atoms with van der Waals surface area (Å²) in [6.45, 7) is 0. The summed E-state index contributed by atoms with van der Waals surface area (Å²) in [5, 5.41) is 4.20. The summed E-state index contributed by atoms with van der Waals surface area (Å²) in [4.78, 5) is 17.1. The quantitative estimate of drug-likeness (QED) is 0.578. The SMILES string of the molecule is NS(=O)(=O)c1ccccc1P(=O)(O)O. The first kappa shape index (κ1) is 11.4. The molecule has 0 atom stereocenters. The second-order valence-corrected chi connectivity index (χ2v) is 5.66. The molecule has 0 spiro atoms. The van der Waals surface area contributed by atoms with Gasteiger partial charge in [0.2, 0.25) is 10.0 Å². The average Bonchev–Trinajstić information content (AvgIpc) is 2.01. The number of hydrogen-bond donors (Lipinski definition) is 3. The molecule has 0 aliphatic heterocycles. The first-order valence-electron chi connectivity index (χ1n) is 3.41. The molecule has 14 heavy (non-hydrogen) atoms. The van der Waals surface area contributed by atoms with Crippen molar-refractivity contribution in [2.75, 3.05) is 0 Å². The van der Waals surface area contributed by atoms with Gasteiger partial charge in [-0.05, 0) is 12.1 Å². The molecular weight excluding hydrogens is 229 g/mol. The van der Waals surface area contributed by atoms with Crippen molar-refractivity contribution in [3.8, 4) is 0 Å². The van der Waals surface area contributed by atoms with Gasteiger partial charge in [-0.1, -0.05) is 12.1 Å². The normalized spacial score (nSPS) is 12.8. The van der Waals surface area contributed by atoms with Gasteiger partial charge in [0.25, 0.3) is 0 Å². The summed E-state index contributed by atoms with van der Waals surface area (Å²) >= 11 is 0. The fourth-order valence-corrected chi connectivity index (χ4v) is 2.95. The van der Waals surface area contributed by atoms with E-state index >= 15 is 0 Å². The van der Waals surface area contributed by atoms with Crippen molar-refractivity contribution < 1.29 is 22.8 Å². The summed E-state index contributed by atoms with van der Waals surface area (Å²) < 4.78 is 32.7. The Balaban J connectivity index is 3.55. The molecule has 0 aromatic heterocycles. The summed E-state index contributed by atoms with van der Waals surface area (Å²) in [5.74, 6) is 0. The molecule has 1 aromatic rings. The van der Waals surface area contributed by atoms with E-state index in [4.69, 9.17) is 14.9 Å². The Bertz CT molecular complexity index is 491. The Kier molecular flexibility index (Phi) is 2.80. The van der Waals surface area contributed by atoms with E-state index in [0.717, 1.165) is 12.1 Å². The third-order valence-corrected chi connectivity index (χ3v) is 3.62. The average molecular weight is 237 g/mol. The van der Waals surface area contributed by atoms with E-state index in [-0.39, 0.29) is 0 Å². The molecule has 4 N–H and O–H groups in total. The zero-order valence-corrected chi connectivity index (χ0v) is 8.57. The molecule has 0 unspecified atom stereocenters. The van der Waals surface area contributed by atoms with E-state index < -0.39 is 27.8 Å². The van der Waals surface area contributed by atoms with Gasteiger partial charge in [-0.2, -0.15) is 0 Å². The van der Waals surface area contributed by atoms with Crippen LogP contribution in [0.1, 0.15) is 0 Å². The summed E-state index contributed by atoms with van der Waals surface area (Å²) in [6, 6.07) is 4.73. The van der Waals surface area contributed by atoms with Crippen molar-refractivity contribution in [1.29, 1.82) is 0 Å². The minimum atomic E-state index is -4.61. The lowest BCUT2D eigenvalue weighted by molar-refractivity contribution is 0.386. The number of sulfonamides is 1. The van der Waals surface area contributed by atoms with E-state index in [0.29, 0.717) is 0 Å². The molecule has 0 heterocycles. The maximum Gasteiger partial charge on any atom is 0.357 e. The highest BCUT2D eigenvalue weighted by molar-refractivity contribution is 7.89. The van der Waals surface area contributed by atoms with Crippen LogP contribution in [0.4, 0.5) is 0 Å². The summed E-state index contributed by atoms with van der Waals surface area (Å²) in [5.41, 5.74) is 0. The Hall–Kier alpha value is -0.720. The fraction of sp³-hybridized carbons (Fsp3) is 0. The van der Waals surface area contributed by atoms with E-state index in [9.17, 15) is 13.0 Å². The molecular formula is C6H8NO5PS. The van der Waals surface area contributed by atoms with E-state index in [2.05, 4.69) is 0 Å². The molecule has 78 valence electrons. The standard InChI is InChI=1S/C6H8NO5PS/c7-14(11,12)6-4-2-1-3-5(6)13(8,9)10/h1-4H,(H2,7,11,12)(H2,8,9,10). The molecule has 0 radical (unpaired) electrons. The maximum atomic E-state index is 10.9. The number of primary sulfonamides is 1. The monoisotopic (exact) mass is 237 g/mol. The van der Waals surface area contributed by atoms with Crippen LogP contribution in [0.2, 0.25) is 0 Å². The summed E-state index contributed by atoms with van der Waals surface area (Å²) in [6.07, 6.45) is 0. The van der Waals surface area contributed by atoms with Crippen LogP contribution in [-0.2, 0) is 14.6 Å². The smallest absolute Gasteiger partial charge is 0.321 e. The molecule has 1 rings (SSSR count). The van der Waals surface area contributed by atoms with Gasteiger partial charge in [-0.25, -0.2) is 13.6 Å². The Morgan fingerprint density at radius 2 is 1.71 bits per heavy atom. The van der Waals surface area contributed by atoms with Crippen LogP contribution in [0.3, 0.4) is 0 Å². The highest BCUT2D eigenvalue weighted by Gasteiger charge is 2.25. The lowest BCUT2D eigenvalue weighted by atomic mass is 10.4. The lowest BCUT2D eigenvalue weighted by Crippen LogP contribution is -2.21. The lowest BCUT2D eigenvalue weighted by Gasteiger charge is -2.07. The maximum absolute atomic E-state index is 10.9. The zero-order valence-electron chi connectivity index (χ0n) is 6.86. The Morgan fingerprint density at radius 3 is 2.07 bits per heavy atom. The van der Waals surface area contributed by atoms with Gasteiger partial charge < -0.3 is 9.79 Å². The molecule has 0 bridgehead atoms. The van der Waals surface area contributed by atoms with E-state index in [1.165, 1.54) is 12.1 Å². The van der Waals surface area contributed by atoms with Crippen molar-refractivity contribution in [1.82, 2.24) is 0 Å². The predicted octanol–water partition coefficient (Wildman–Crippen LogP) is -0.863. The van der Waals surface area contributed by atoms with Gasteiger partial charge in [-0.3, -0.25) is 4.57 Å². The predicted molar refractivity (Wildman–Crippen MR) is 49.5 cm³/mol. The summed E-state index contributed by atoms with van der Waals surface area (Å²) in [7, 11) is -8.72. The second-order valence-electron chi connectivity index (χ2n) is 2.56. The Morgan fingerprint density at radius 1 is 1.21 bits per heavy atom. The highest BCUT2D eigenvalue weighted by Crippen LogP contribution is 2.35. The fourth-order valence-electron chi connectivity index (χ4n) is 0.938. The molecule has 0 aliphatic rings. The van der Waals surface area contributed by atoms with Crippen molar-refractivity contribution in [3.05, 3.63) is 24.3 Å². The molecule has 0 saturated heterocycles. The van der Waals surface area contributed by atoms with Gasteiger partial charge >= 0.3 is 7.60 Å². The van der Waals surface area contributed by atoms with Crippen molar-refractivity contribution >= 4 is 22.9 Å². The van der Waals surface area contributed by atoms with Gasteiger partial charge in [0.1, 0.15) is 0 Å². The van der Waals surface area contributed by atoms with Gasteiger partial charge in [0.15, 0.2) is 0 Å². The van der Waals surface area contributed by atoms with Gasteiger partial charge in [0, 0.05) is 0 Å². The molecule has 0 amide bonds. The van der Waals surface area contributed by atoms with E-state index in [1.54, 1.807) is 0 Å². The molecule has 8 heteroatoms. The van der Waals surface area contributed by atoms with Crippen LogP contribution in [0.15, 0.2) is 29.2 Å². The third kappa shape index (κ3) is 2.40. The zero-order chi connectivity index (χ0) is 11.0. The highest BCUT2D eigenvalue weighted by atomic mass is 32.2. The molecule has 1 aromatic carbocycles. The van der Waals surface area contributed by atoms with Crippen LogP contribution in [0.5, 0.6) is 0 Å². The third-order valence-electron chi connectivity index (χ3n) is 1.49. The minimum absolute atomic E-state index is 0.548. The van der Waals surface area contributed by atoms with Crippen LogP contribution in [0.25, 0.3) is 0 Å². The van der Waals surface area contributed by atoms with E-state index in [1.807, 2.05) is 0 Å². The molecule has 6 nitrogen and oxygen atoms in total. The first-order chi connectivity index (χ1) is 6.23. The van der Waals surface area contributed by atoms with Crippen LogP contribution in [0, 0.1) is 0 Å². The number of benzene rings is 1. The van der Waals surface area contributed by atoms with Crippen LogP contribution < -0.4 is 10.4 Å². The number of hydrogen-bond acceptors (Lipinski definition) is 3. The number of rotatable bonds is 2. The number of nitrogens with two attached hydrogens (primary N) is 1. The van der Waals surface area contributed by atoms with Crippen molar-refractivity contribution in [2.45, 2.75) is 4.90 Å². The first-order valence-corrected chi connectivity index (χ1v) is 6.57. The minimum Gasteiger partial charge on any atom is -0.321 e. The topological polar surface area (TPSA) is 118 Å². The largest absolute Gasteiger partial charge is 0.357 e. The second kappa shape index (κ2) is 3.45.